The third kappa shape index (κ3) is 2.95. The summed E-state index contributed by atoms with van der Waals surface area (Å²) in [4.78, 5) is 0. The van der Waals surface area contributed by atoms with E-state index in [1.165, 1.54) is 0 Å². The van der Waals surface area contributed by atoms with Gasteiger partial charge in [0.15, 0.2) is 17.5 Å². The molecule has 0 atom stereocenters. The number of hydrogen-bond donors (Lipinski definition) is 1. The summed E-state index contributed by atoms with van der Waals surface area (Å²) in [7, 11) is 3.60. The van der Waals surface area contributed by atoms with Gasteiger partial charge in [0.25, 0.3) is 0 Å². The third-order valence-electron chi connectivity index (χ3n) is 4.28. The minimum absolute atomic E-state index is 0.487. The highest BCUT2D eigenvalue weighted by Crippen LogP contribution is 2.25. The first kappa shape index (κ1) is 16.0. The van der Waals surface area contributed by atoms with Crippen molar-refractivity contribution in [1.29, 1.82) is 0 Å². The molecule has 0 spiro atoms. The van der Waals surface area contributed by atoms with E-state index in [4.69, 9.17) is 4.74 Å². The van der Waals surface area contributed by atoms with Crippen LogP contribution in [0.15, 0.2) is 54.7 Å². The first-order valence-electron chi connectivity index (χ1n) is 8.23. The molecule has 0 aliphatic heterocycles. The molecule has 2 aromatic heterocycles. The van der Waals surface area contributed by atoms with Crippen LogP contribution in [0.4, 0.5) is 5.82 Å². The SMILES string of the molecule is COc1ccc2cnnc(NCc3nnc(-c4ccccc4)n3C)c2c1. The van der Waals surface area contributed by atoms with E-state index in [1.54, 1.807) is 13.3 Å². The van der Waals surface area contributed by atoms with Crippen molar-refractivity contribution in [2.45, 2.75) is 6.54 Å². The van der Waals surface area contributed by atoms with Crippen molar-refractivity contribution in [2.24, 2.45) is 7.05 Å². The predicted octanol–water partition coefficient (Wildman–Crippen LogP) is 3.05. The van der Waals surface area contributed by atoms with Crippen LogP contribution >= 0.6 is 0 Å². The van der Waals surface area contributed by atoms with Crippen LogP contribution in [0.1, 0.15) is 5.82 Å². The standard InChI is InChI=1S/C19H18N6O/c1-25-17(22-24-19(25)13-6-4-3-5-7-13)12-20-18-16-10-15(26-2)9-8-14(16)11-21-23-18/h3-11H,12H2,1-2H3,(H,20,23). The Morgan fingerprint density at radius 3 is 2.69 bits per heavy atom. The number of ether oxygens (including phenoxy) is 1. The second-order valence-corrected chi connectivity index (χ2v) is 5.86. The Labute approximate surface area is 150 Å². The summed E-state index contributed by atoms with van der Waals surface area (Å²) in [5, 5.41) is 22.1. The van der Waals surface area contributed by atoms with Gasteiger partial charge in [0, 0.05) is 23.4 Å². The Kier molecular flexibility index (Phi) is 4.18. The molecule has 2 heterocycles. The zero-order valence-corrected chi connectivity index (χ0v) is 14.5. The van der Waals surface area contributed by atoms with Gasteiger partial charge in [-0.1, -0.05) is 30.3 Å². The van der Waals surface area contributed by atoms with E-state index >= 15 is 0 Å². The van der Waals surface area contributed by atoms with Gasteiger partial charge in [-0.05, 0) is 18.2 Å². The molecule has 7 heteroatoms. The van der Waals surface area contributed by atoms with E-state index in [2.05, 4.69) is 25.7 Å². The lowest BCUT2D eigenvalue weighted by Crippen LogP contribution is -2.08. The number of nitrogens with one attached hydrogen (secondary N) is 1. The first-order chi connectivity index (χ1) is 12.8. The number of nitrogens with zero attached hydrogens (tertiary/aromatic N) is 5. The number of anilines is 1. The summed E-state index contributed by atoms with van der Waals surface area (Å²) in [5.41, 5.74) is 1.03. The molecule has 0 fully saturated rings. The monoisotopic (exact) mass is 346 g/mol. The highest BCUT2D eigenvalue weighted by Gasteiger charge is 2.11. The summed E-state index contributed by atoms with van der Waals surface area (Å²) in [6, 6.07) is 15.8. The molecule has 0 aliphatic carbocycles. The normalized spacial score (nSPS) is 10.8. The molecule has 0 unspecified atom stereocenters. The highest BCUT2D eigenvalue weighted by atomic mass is 16.5. The van der Waals surface area contributed by atoms with E-state index in [9.17, 15) is 0 Å². The van der Waals surface area contributed by atoms with Crippen molar-refractivity contribution < 1.29 is 4.74 Å². The Balaban J connectivity index is 1.60. The number of rotatable bonds is 5. The number of methoxy groups -OCH3 is 1. The van der Waals surface area contributed by atoms with Gasteiger partial charge in [0.2, 0.25) is 0 Å². The summed E-state index contributed by atoms with van der Waals surface area (Å²) in [6.45, 7) is 0.487. The fourth-order valence-electron chi connectivity index (χ4n) is 2.83. The van der Waals surface area contributed by atoms with E-state index in [0.717, 1.165) is 33.7 Å². The molecule has 0 saturated carbocycles. The zero-order valence-electron chi connectivity index (χ0n) is 14.5. The van der Waals surface area contributed by atoms with Crippen LogP contribution in [0, 0.1) is 0 Å². The number of hydrogen-bond acceptors (Lipinski definition) is 6. The largest absolute Gasteiger partial charge is 0.497 e. The van der Waals surface area contributed by atoms with Crippen molar-refractivity contribution in [3.63, 3.8) is 0 Å². The van der Waals surface area contributed by atoms with Crippen LogP contribution in [0.25, 0.3) is 22.2 Å². The summed E-state index contributed by atoms with van der Waals surface area (Å²) < 4.78 is 7.28. The van der Waals surface area contributed by atoms with Crippen LogP contribution in [0.5, 0.6) is 5.75 Å². The second-order valence-electron chi connectivity index (χ2n) is 5.86. The molecular weight excluding hydrogens is 328 g/mol. The number of aromatic nitrogens is 5. The molecule has 130 valence electrons. The maximum Gasteiger partial charge on any atom is 0.163 e. The maximum atomic E-state index is 5.31. The fraction of sp³-hybridized carbons (Fsp3) is 0.158. The van der Waals surface area contributed by atoms with E-state index in [1.807, 2.05) is 60.1 Å². The minimum atomic E-state index is 0.487. The zero-order chi connectivity index (χ0) is 17.9. The van der Waals surface area contributed by atoms with Crippen LogP contribution in [-0.4, -0.2) is 32.1 Å². The maximum absolute atomic E-state index is 5.31. The second kappa shape index (κ2) is 6.79. The molecule has 1 N–H and O–H groups in total. The van der Waals surface area contributed by atoms with Crippen LogP contribution in [0.2, 0.25) is 0 Å². The first-order valence-corrected chi connectivity index (χ1v) is 8.23. The van der Waals surface area contributed by atoms with Gasteiger partial charge in [-0.15, -0.1) is 15.3 Å². The lowest BCUT2D eigenvalue weighted by atomic mass is 10.2. The van der Waals surface area contributed by atoms with Gasteiger partial charge < -0.3 is 14.6 Å². The average molecular weight is 346 g/mol. The Morgan fingerprint density at radius 2 is 1.88 bits per heavy atom. The Morgan fingerprint density at radius 1 is 1.04 bits per heavy atom. The quantitative estimate of drug-likeness (QED) is 0.598. The molecule has 2 aromatic carbocycles. The molecule has 0 amide bonds. The van der Waals surface area contributed by atoms with Crippen LogP contribution in [0.3, 0.4) is 0 Å². The van der Waals surface area contributed by atoms with Crippen LogP contribution < -0.4 is 10.1 Å². The molecule has 0 aliphatic rings. The smallest absolute Gasteiger partial charge is 0.163 e. The van der Waals surface area contributed by atoms with Gasteiger partial charge in [-0.25, -0.2) is 0 Å². The molecule has 4 rings (SSSR count). The van der Waals surface area contributed by atoms with Gasteiger partial charge in [-0.3, -0.25) is 0 Å². The summed E-state index contributed by atoms with van der Waals surface area (Å²) in [5.74, 6) is 3.10. The molecule has 4 aromatic rings. The van der Waals surface area contributed by atoms with Crippen molar-refractivity contribution in [3.05, 3.63) is 60.6 Å². The average Bonchev–Trinajstić information content (AvgIpc) is 3.07. The van der Waals surface area contributed by atoms with Crippen molar-refractivity contribution >= 4 is 16.6 Å². The molecule has 0 saturated heterocycles. The highest BCUT2D eigenvalue weighted by molar-refractivity contribution is 5.92. The molecule has 0 radical (unpaired) electrons. The molecule has 26 heavy (non-hydrogen) atoms. The third-order valence-corrected chi connectivity index (χ3v) is 4.28. The lowest BCUT2D eigenvalue weighted by Gasteiger charge is -2.09. The van der Waals surface area contributed by atoms with E-state index in [0.29, 0.717) is 12.4 Å². The van der Waals surface area contributed by atoms with Gasteiger partial charge >= 0.3 is 0 Å². The molecule has 7 nitrogen and oxygen atoms in total. The minimum Gasteiger partial charge on any atom is -0.497 e. The summed E-state index contributed by atoms with van der Waals surface area (Å²) in [6.07, 6.45) is 1.73. The van der Waals surface area contributed by atoms with Crippen molar-refractivity contribution in [1.82, 2.24) is 25.0 Å². The predicted molar refractivity (Wildman–Crippen MR) is 99.9 cm³/mol. The summed E-state index contributed by atoms with van der Waals surface area (Å²) >= 11 is 0. The van der Waals surface area contributed by atoms with Crippen molar-refractivity contribution in [2.75, 3.05) is 12.4 Å². The van der Waals surface area contributed by atoms with E-state index < -0.39 is 0 Å². The van der Waals surface area contributed by atoms with Crippen molar-refractivity contribution in [3.8, 4) is 17.1 Å². The number of benzene rings is 2. The van der Waals surface area contributed by atoms with Gasteiger partial charge in [0.1, 0.15) is 5.75 Å². The molecular formula is C19H18N6O. The van der Waals surface area contributed by atoms with Gasteiger partial charge in [0.05, 0.1) is 19.9 Å². The van der Waals surface area contributed by atoms with E-state index in [-0.39, 0.29) is 0 Å². The fourth-order valence-corrected chi connectivity index (χ4v) is 2.83. The Hall–Kier alpha value is -3.48. The topological polar surface area (TPSA) is 77.8 Å². The molecule has 0 bridgehead atoms. The van der Waals surface area contributed by atoms with Crippen LogP contribution in [-0.2, 0) is 13.6 Å². The van der Waals surface area contributed by atoms with Gasteiger partial charge in [-0.2, -0.15) is 5.10 Å². The number of fused-ring (bicyclic) bond motifs is 1. The Bertz CT molecular complexity index is 1040. The lowest BCUT2D eigenvalue weighted by molar-refractivity contribution is 0.415.